The smallest absolute Gasteiger partial charge is 0.259 e. The van der Waals surface area contributed by atoms with Crippen molar-refractivity contribution in [3.63, 3.8) is 0 Å². The summed E-state index contributed by atoms with van der Waals surface area (Å²) in [6.45, 7) is 4.23. The highest BCUT2D eigenvalue weighted by Gasteiger charge is 2.12. The lowest BCUT2D eigenvalue weighted by atomic mass is 10.0. The largest absolute Gasteiger partial charge is 0.325 e. The highest BCUT2D eigenvalue weighted by atomic mass is 32.2. The second-order valence-corrected chi connectivity index (χ2v) is 7.80. The highest BCUT2D eigenvalue weighted by Crippen LogP contribution is 2.19. The van der Waals surface area contributed by atoms with Gasteiger partial charge in [-0.3, -0.25) is 9.59 Å². The van der Waals surface area contributed by atoms with Crippen LogP contribution in [0.4, 0.5) is 15.9 Å². The average molecular weight is 425 g/mol. The number of carbonyl (C=O) groups excluding carboxylic acids is 2. The number of thioether (sulfide) groups is 1. The molecule has 2 aromatic carbocycles. The molecule has 0 saturated carbocycles. The van der Waals surface area contributed by atoms with Crippen LogP contribution in [0.1, 0.15) is 35.7 Å². The van der Waals surface area contributed by atoms with Crippen molar-refractivity contribution in [1.82, 2.24) is 10.2 Å². The van der Waals surface area contributed by atoms with Crippen molar-refractivity contribution < 1.29 is 14.0 Å². The molecule has 1 aromatic heterocycles. The molecule has 3 rings (SSSR count). The summed E-state index contributed by atoms with van der Waals surface area (Å²) >= 11 is 1.22. The van der Waals surface area contributed by atoms with Crippen LogP contribution in [-0.2, 0) is 4.79 Å². The van der Waals surface area contributed by atoms with Gasteiger partial charge in [-0.2, -0.15) is 0 Å². The number of nitrogens with zero attached hydrogens (tertiary/aromatic N) is 2. The molecule has 0 aliphatic heterocycles. The van der Waals surface area contributed by atoms with E-state index in [1.165, 1.54) is 35.5 Å². The Morgan fingerprint density at radius 1 is 0.967 bits per heavy atom. The Labute approximate surface area is 178 Å². The van der Waals surface area contributed by atoms with E-state index < -0.39 is 11.7 Å². The molecule has 0 fully saturated rings. The van der Waals surface area contributed by atoms with Gasteiger partial charge in [-0.1, -0.05) is 49.9 Å². The van der Waals surface area contributed by atoms with Gasteiger partial charge in [0.25, 0.3) is 5.91 Å². The first-order valence-electron chi connectivity index (χ1n) is 9.34. The Hall–Kier alpha value is -3.26. The number of aromatic nitrogens is 2. The molecular weight excluding hydrogens is 403 g/mol. The first kappa shape index (κ1) is 21.4. The van der Waals surface area contributed by atoms with Gasteiger partial charge >= 0.3 is 0 Å². The summed E-state index contributed by atoms with van der Waals surface area (Å²) in [5.74, 6) is -0.575. The fraction of sp³-hybridized carbons (Fsp3) is 0.182. The first-order chi connectivity index (χ1) is 14.4. The predicted molar refractivity (Wildman–Crippen MR) is 116 cm³/mol. The molecule has 2 N–H and O–H groups in total. The Bertz CT molecular complexity index is 1020. The zero-order chi connectivity index (χ0) is 21.5. The summed E-state index contributed by atoms with van der Waals surface area (Å²) in [6, 6.07) is 16.6. The second-order valence-electron chi connectivity index (χ2n) is 6.80. The van der Waals surface area contributed by atoms with Gasteiger partial charge < -0.3 is 10.6 Å². The van der Waals surface area contributed by atoms with Gasteiger partial charge in [0.1, 0.15) is 10.8 Å². The predicted octanol–water partition coefficient (Wildman–Crippen LogP) is 4.72. The van der Waals surface area contributed by atoms with Crippen LogP contribution in [-0.4, -0.2) is 27.8 Å². The normalized spacial score (nSPS) is 10.7. The van der Waals surface area contributed by atoms with Gasteiger partial charge in [0.2, 0.25) is 5.91 Å². The summed E-state index contributed by atoms with van der Waals surface area (Å²) in [5, 5.41) is 13.8. The van der Waals surface area contributed by atoms with Gasteiger partial charge in [-0.05, 0) is 47.9 Å². The molecule has 0 aliphatic carbocycles. The molecule has 1 heterocycles. The van der Waals surface area contributed by atoms with Gasteiger partial charge in [0.05, 0.1) is 11.3 Å². The summed E-state index contributed by atoms with van der Waals surface area (Å²) in [6.07, 6.45) is 0. The van der Waals surface area contributed by atoms with Crippen LogP contribution in [0, 0.1) is 5.82 Å². The molecule has 0 radical (unpaired) electrons. The number of halogens is 1. The molecule has 0 spiro atoms. The van der Waals surface area contributed by atoms with E-state index in [1.807, 2.05) is 24.3 Å². The number of amides is 2. The summed E-state index contributed by atoms with van der Waals surface area (Å²) < 4.78 is 13.7. The third kappa shape index (κ3) is 5.87. The molecule has 30 heavy (non-hydrogen) atoms. The summed E-state index contributed by atoms with van der Waals surface area (Å²) in [4.78, 5) is 24.2. The summed E-state index contributed by atoms with van der Waals surface area (Å²) in [7, 11) is 0. The topological polar surface area (TPSA) is 84.0 Å². The quantitative estimate of drug-likeness (QED) is 0.536. The second kappa shape index (κ2) is 9.98. The van der Waals surface area contributed by atoms with Crippen molar-refractivity contribution in [2.75, 3.05) is 16.4 Å². The number of rotatable bonds is 7. The third-order valence-electron chi connectivity index (χ3n) is 4.21. The van der Waals surface area contributed by atoms with E-state index >= 15 is 0 Å². The minimum absolute atomic E-state index is 0.0733. The van der Waals surface area contributed by atoms with E-state index in [0.717, 1.165) is 5.69 Å². The Morgan fingerprint density at radius 3 is 2.33 bits per heavy atom. The van der Waals surface area contributed by atoms with Crippen molar-refractivity contribution >= 4 is 35.1 Å². The molecule has 0 unspecified atom stereocenters. The lowest BCUT2D eigenvalue weighted by Gasteiger charge is -2.08. The van der Waals surface area contributed by atoms with E-state index in [9.17, 15) is 14.0 Å². The Morgan fingerprint density at radius 2 is 1.70 bits per heavy atom. The number of anilines is 2. The van der Waals surface area contributed by atoms with E-state index in [4.69, 9.17) is 0 Å². The zero-order valence-electron chi connectivity index (χ0n) is 16.6. The molecule has 6 nitrogen and oxygen atoms in total. The van der Waals surface area contributed by atoms with Crippen LogP contribution in [0.25, 0.3) is 0 Å². The fourth-order valence-electron chi connectivity index (χ4n) is 2.58. The molecule has 2 amide bonds. The molecule has 0 aliphatic rings. The van der Waals surface area contributed by atoms with Gasteiger partial charge in [0.15, 0.2) is 5.82 Å². The Balaban J connectivity index is 1.50. The zero-order valence-corrected chi connectivity index (χ0v) is 17.4. The lowest BCUT2D eigenvalue weighted by Crippen LogP contribution is -2.15. The maximum Gasteiger partial charge on any atom is 0.259 e. The van der Waals surface area contributed by atoms with Gasteiger partial charge in [0, 0.05) is 5.69 Å². The van der Waals surface area contributed by atoms with E-state index in [2.05, 4.69) is 34.7 Å². The molecule has 0 saturated heterocycles. The van der Waals surface area contributed by atoms with Crippen LogP contribution < -0.4 is 10.6 Å². The van der Waals surface area contributed by atoms with Crippen molar-refractivity contribution in [3.05, 3.63) is 77.6 Å². The maximum absolute atomic E-state index is 13.7. The van der Waals surface area contributed by atoms with Crippen LogP contribution in [0.15, 0.2) is 65.7 Å². The number of hydrogen-bond donors (Lipinski definition) is 2. The fourth-order valence-corrected chi connectivity index (χ4v) is 3.19. The van der Waals surface area contributed by atoms with Crippen LogP contribution in [0.3, 0.4) is 0 Å². The van der Waals surface area contributed by atoms with E-state index in [0.29, 0.717) is 10.9 Å². The van der Waals surface area contributed by atoms with Crippen molar-refractivity contribution in [3.8, 4) is 0 Å². The first-order valence-corrected chi connectivity index (χ1v) is 10.3. The van der Waals surface area contributed by atoms with E-state index in [1.54, 1.807) is 18.2 Å². The number of benzene rings is 2. The number of nitrogens with one attached hydrogen (secondary N) is 2. The molecular formula is C22H21FN4O2S. The van der Waals surface area contributed by atoms with Crippen molar-refractivity contribution in [1.29, 1.82) is 0 Å². The van der Waals surface area contributed by atoms with Crippen LogP contribution >= 0.6 is 11.8 Å². The molecule has 0 bridgehead atoms. The average Bonchev–Trinajstić information content (AvgIpc) is 2.74. The molecule has 8 heteroatoms. The van der Waals surface area contributed by atoms with Crippen LogP contribution in [0.2, 0.25) is 0 Å². The third-order valence-corrected chi connectivity index (χ3v) is 5.13. The summed E-state index contributed by atoms with van der Waals surface area (Å²) in [5.41, 5.74) is 1.87. The highest BCUT2D eigenvalue weighted by molar-refractivity contribution is 7.99. The Kier molecular flexibility index (Phi) is 7.13. The number of carbonyl (C=O) groups is 2. The van der Waals surface area contributed by atoms with Gasteiger partial charge in [-0.15, -0.1) is 10.2 Å². The molecule has 154 valence electrons. The molecule has 3 aromatic rings. The minimum Gasteiger partial charge on any atom is -0.325 e. The monoisotopic (exact) mass is 424 g/mol. The van der Waals surface area contributed by atoms with Crippen molar-refractivity contribution in [2.24, 2.45) is 0 Å². The minimum atomic E-state index is -0.611. The SMILES string of the molecule is CC(C)c1ccc(NC(=O)CSc2ccc(NC(=O)c3ccccc3F)nn2)cc1. The molecule has 0 atom stereocenters. The lowest BCUT2D eigenvalue weighted by molar-refractivity contribution is -0.113. The maximum atomic E-state index is 13.7. The standard InChI is InChI=1S/C22H21FN4O2S/c1-14(2)15-7-9-16(10-8-15)24-20(28)13-30-21-12-11-19(26-27-21)25-22(29)17-5-3-4-6-18(17)23/h3-12,14H,13H2,1-2H3,(H,24,28)(H,25,26,29). The van der Waals surface area contributed by atoms with Crippen LogP contribution in [0.5, 0.6) is 0 Å². The van der Waals surface area contributed by atoms with Crippen molar-refractivity contribution in [2.45, 2.75) is 24.8 Å². The van der Waals surface area contributed by atoms with E-state index in [-0.39, 0.29) is 23.0 Å². The van der Waals surface area contributed by atoms with Gasteiger partial charge in [-0.25, -0.2) is 4.39 Å². The number of hydrogen-bond acceptors (Lipinski definition) is 5.